The minimum atomic E-state index is -3.92. The van der Waals surface area contributed by atoms with Crippen molar-refractivity contribution in [3.8, 4) is 5.75 Å². The van der Waals surface area contributed by atoms with Crippen LogP contribution in [-0.2, 0) is 21.3 Å². The molecule has 8 heteroatoms. The van der Waals surface area contributed by atoms with Crippen LogP contribution in [-0.4, -0.2) is 20.9 Å². The van der Waals surface area contributed by atoms with Crippen LogP contribution < -0.4 is 9.50 Å². The number of hydrogen-bond donors (Lipinski definition) is 1. The lowest BCUT2D eigenvalue weighted by atomic mass is 10.1. The van der Waals surface area contributed by atoms with Crippen molar-refractivity contribution in [2.24, 2.45) is 0 Å². The maximum Gasteiger partial charge on any atom is 0.348 e. The summed E-state index contributed by atoms with van der Waals surface area (Å²) < 4.78 is 31.2. The van der Waals surface area contributed by atoms with Crippen molar-refractivity contribution in [2.45, 2.75) is 17.6 Å². The van der Waals surface area contributed by atoms with E-state index in [0.29, 0.717) is 17.4 Å². The molecule has 1 aromatic heterocycles. The van der Waals surface area contributed by atoms with E-state index in [1.54, 1.807) is 12.1 Å². The molecule has 3 aromatic rings. The van der Waals surface area contributed by atoms with Gasteiger partial charge in [0.1, 0.15) is 0 Å². The molecular formula is C18H16BrNO4S2. The fraction of sp³-hybridized carbons (Fsp3) is 0.167. The summed E-state index contributed by atoms with van der Waals surface area (Å²) in [6, 6.07) is 14.3. The molecule has 5 nitrogen and oxygen atoms in total. The normalized spacial score (nSPS) is 11.5. The standard InChI is InChI=1S/C18H16BrNO4S2/c1-12(21)20-11-10-14-7-9-17(25-14)26(22,23)24-16-8-6-13-4-2-3-5-15(13)18(16)19/h2-9H,10-11H2,1H3,(H,20,21). The van der Waals surface area contributed by atoms with Gasteiger partial charge in [0, 0.05) is 18.3 Å². The molecule has 3 rings (SSSR count). The van der Waals surface area contributed by atoms with Gasteiger partial charge >= 0.3 is 10.1 Å². The molecular weight excluding hydrogens is 438 g/mol. The number of benzene rings is 2. The van der Waals surface area contributed by atoms with Crippen molar-refractivity contribution in [3.63, 3.8) is 0 Å². The van der Waals surface area contributed by atoms with E-state index >= 15 is 0 Å². The largest absolute Gasteiger partial charge is 0.377 e. The second-order valence-electron chi connectivity index (χ2n) is 5.59. The van der Waals surface area contributed by atoms with Crippen molar-refractivity contribution in [3.05, 3.63) is 57.9 Å². The van der Waals surface area contributed by atoms with Crippen LogP contribution in [0.15, 0.2) is 57.2 Å². The summed E-state index contributed by atoms with van der Waals surface area (Å²) in [6.45, 7) is 1.91. The number of hydrogen-bond acceptors (Lipinski definition) is 5. The number of fused-ring (bicyclic) bond motifs is 1. The maximum absolute atomic E-state index is 12.6. The number of thiophene rings is 1. The van der Waals surface area contributed by atoms with Crippen LogP contribution in [0.3, 0.4) is 0 Å². The van der Waals surface area contributed by atoms with E-state index in [0.717, 1.165) is 27.0 Å². The predicted octanol–water partition coefficient (Wildman–Crippen LogP) is 4.11. The zero-order valence-electron chi connectivity index (χ0n) is 13.9. The number of amides is 1. The highest BCUT2D eigenvalue weighted by atomic mass is 79.9. The van der Waals surface area contributed by atoms with Crippen molar-refractivity contribution in [1.29, 1.82) is 0 Å². The van der Waals surface area contributed by atoms with Gasteiger partial charge in [-0.2, -0.15) is 8.42 Å². The summed E-state index contributed by atoms with van der Waals surface area (Å²) in [4.78, 5) is 11.8. The lowest BCUT2D eigenvalue weighted by Gasteiger charge is -2.09. The molecule has 0 radical (unpaired) electrons. The zero-order valence-corrected chi connectivity index (χ0v) is 17.1. The van der Waals surface area contributed by atoms with E-state index < -0.39 is 10.1 Å². The molecule has 0 aliphatic carbocycles. The molecule has 2 aromatic carbocycles. The molecule has 1 heterocycles. The number of carbonyl (C=O) groups is 1. The van der Waals surface area contributed by atoms with E-state index in [9.17, 15) is 13.2 Å². The van der Waals surface area contributed by atoms with Crippen molar-refractivity contribution >= 4 is 54.1 Å². The third-order valence-electron chi connectivity index (χ3n) is 3.66. The SMILES string of the molecule is CC(=O)NCCc1ccc(S(=O)(=O)Oc2ccc3ccccc3c2Br)s1. The molecule has 0 aliphatic heterocycles. The quantitative estimate of drug-likeness (QED) is 0.569. The van der Waals surface area contributed by atoms with Crippen molar-refractivity contribution in [1.82, 2.24) is 5.32 Å². The number of nitrogens with one attached hydrogen (secondary N) is 1. The average Bonchev–Trinajstić information content (AvgIpc) is 3.07. The van der Waals surface area contributed by atoms with E-state index in [-0.39, 0.29) is 15.9 Å². The second kappa shape index (κ2) is 7.77. The van der Waals surface area contributed by atoms with Crippen molar-refractivity contribution < 1.29 is 17.4 Å². The first kappa shape index (κ1) is 18.9. The fourth-order valence-electron chi connectivity index (χ4n) is 2.43. The summed E-state index contributed by atoms with van der Waals surface area (Å²) in [5.74, 6) is 0.135. The van der Waals surface area contributed by atoms with Gasteiger partial charge in [0.15, 0.2) is 9.96 Å². The highest BCUT2D eigenvalue weighted by Gasteiger charge is 2.21. The van der Waals surface area contributed by atoms with Gasteiger partial charge in [-0.05, 0) is 51.3 Å². The molecule has 0 fully saturated rings. The molecule has 1 N–H and O–H groups in total. The Morgan fingerprint density at radius 2 is 1.92 bits per heavy atom. The minimum Gasteiger partial charge on any atom is -0.377 e. The zero-order chi connectivity index (χ0) is 18.7. The van der Waals surface area contributed by atoms with Crippen LogP contribution >= 0.6 is 27.3 Å². The Kier molecular flexibility index (Phi) is 5.64. The molecule has 136 valence electrons. The highest BCUT2D eigenvalue weighted by molar-refractivity contribution is 9.10. The summed E-state index contributed by atoms with van der Waals surface area (Å²) in [6.07, 6.45) is 0.569. The van der Waals surface area contributed by atoms with Gasteiger partial charge in [-0.25, -0.2) is 0 Å². The van der Waals surface area contributed by atoms with Crippen LogP contribution in [0, 0.1) is 0 Å². The van der Waals surface area contributed by atoms with Gasteiger partial charge in [0.25, 0.3) is 0 Å². The Balaban J connectivity index is 1.80. The van der Waals surface area contributed by atoms with Crippen LogP contribution in [0.1, 0.15) is 11.8 Å². The summed E-state index contributed by atoms with van der Waals surface area (Å²) >= 11 is 4.57. The first-order chi connectivity index (χ1) is 12.4. The Hall–Kier alpha value is -1.90. The van der Waals surface area contributed by atoms with Crippen LogP contribution in [0.25, 0.3) is 10.8 Å². The van der Waals surface area contributed by atoms with E-state index in [1.165, 1.54) is 13.0 Å². The molecule has 0 spiro atoms. The number of rotatable bonds is 6. The van der Waals surface area contributed by atoms with Gasteiger partial charge in [-0.15, -0.1) is 11.3 Å². The first-order valence-electron chi connectivity index (χ1n) is 7.82. The molecule has 0 saturated carbocycles. The summed E-state index contributed by atoms with van der Waals surface area (Å²) in [7, 11) is -3.92. The molecule has 0 atom stereocenters. The van der Waals surface area contributed by atoms with Gasteiger partial charge < -0.3 is 9.50 Å². The van der Waals surface area contributed by atoms with Gasteiger partial charge in [-0.3, -0.25) is 4.79 Å². The monoisotopic (exact) mass is 453 g/mol. The molecule has 1 amide bonds. The molecule has 0 unspecified atom stereocenters. The third-order valence-corrected chi connectivity index (χ3v) is 7.30. The summed E-state index contributed by atoms with van der Waals surface area (Å²) in [5.41, 5.74) is 0. The molecule has 0 aliphatic rings. The maximum atomic E-state index is 12.6. The Morgan fingerprint density at radius 1 is 1.15 bits per heavy atom. The predicted molar refractivity (Wildman–Crippen MR) is 106 cm³/mol. The smallest absolute Gasteiger partial charge is 0.348 e. The molecule has 0 saturated heterocycles. The molecule has 0 bridgehead atoms. The Labute approximate surface area is 164 Å². The lowest BCUT2D eigenvalue weighted by Crippen LogP contribution is -2.22. The second-order valence-corrected chi connectivity index (χ2v) is 9.32. The first-order valence-corrected chi connectivity index (χ1v) is 10.8. The highest BCUT2D eigenvalue weighted by Crippen LogP contribution is 2.35. The minimum absolute atomic E-state index is 0.112. The Morgan fingerprint density at radius 3 is 2.69 bits per heavy atom. The van der Waals surface area contributed by atoms with E-state index in [4.69, 9.17) is 4.18 Å². The van der Waals surface area contributed by atoms with Gasteiger partial charge in [0.05, 0.1) is 4.47 Å². The Bertz CT molecular complexity index is 1060. The average molecular weight is 454 g/mol. The van der Waals surface area contributed by atoms with Crippen LogP contribution in [0.5, 0.6) is 5.75 Å². The van der Waals surface area contributed by atoms with Crippen LogP contribution in [0.4, 0.5) is 0 Å². The van der Waals surface area contributed by atoms with Gasteiger partial charge in [0.2, 0.25) is 5.91 Å². The van der Waals surface area contributed by atoms with Gasteiger partial charge in [-0.1, -0.05) is 30.3 Å². The lowest BCUT2D eigenvalue weighted by molar-refractivity contribution is -0.118. The number of carbonyl (C=O) groups excluding carboxylic acids is 1. The fourth-order valence-corrected chi connectivity index (χ4v) is 5.37. The van der Waals surface area contributed by atoms with Crippen LogP contribution in [0.2, 0.25) is 0 Å². The molecule has 26 heavy (non-hydrogen) atoms. The van der Waals surface area contributed by atoms with Crippen molar-refractivity contribution in [2.75, 3.05) is 6.54 Å². The van der Waals surface area contributed by atoms with E-state index in [2.05, 4.69) is 21.2 Å². The summed E-state index contributed by atoms with van der Waals surface area (Å²) in [5, 5.41) is 4.55. The number of halogens is 1. The topological polar surface area (TPSA) is 72.5 Å². The van der Waals surface area contributed by atoms with E-state index in [1.807, 2.05) is 30.3 Å². The third kappa shape index (κ3) is 4.25.